The number of fused-ring (bicyclic) bond motifs is 1. The van der Waals surface area contributed by atoms with Gasteiger partial charge in [0.05, 0.1) is 12.7 Å². The predicted octanol–water partition coefficient (Wildman–Crippen LogP) is 3.00. The van der Waals surface area contributed by atoms with Crippen LogP contribution >= 0.6 is 0 Å². The molecule has 74 valence electrons. The molecular formula is C13H16O. The Balaban J connectivity index is 1.50. The highest BCUT2D eigenvalue weighted by molar-refractivity contribution is 5.13. The second-order valence-electron chi connectivity index (χ2n) is 4.65. The van der Waals surface area contributed by atoms with Crippen LogP contribution in [0.3, 0.4) is 0 Å². The fourth-order valence-electron chi connectivity index (χ4n) is 2.58. The zero-order valence-electron chi connectivity index (χ0n) is 8.36. The first-order valence-corrected chi connectivity index (χ1v) is 5.57. The van der Waals surface area contributed by atoms with E-state index in [1.54, 1.807) is 0 Å². The van der Waals surface area contributed by atoms with Crippen LogP contribution < -0.4 is 0 Å². The average Bonchev–Trinajstić information content (AvgIpc) is 2.85. The Hall–Kier alpha value is -0.820. The van der Waals surface area contributed by atoms with Crippen molar-refractivity contribution in [3.63, 3.8) is 0 Å². The standard InChI is InChI=1S/C13H16O/c1-2-4-10(5-3-1)9-14-13-7-11-6-12(11)8-13/h1-5,11-13H,6-9H2/t11-,12+,13?. The summed E-state index contributed by atoms with van der Waals surface area (Å²) in [6.07, 6.45) is 4.67. The minimum atomic E-state index is 0.555. The molecule has 0 amide bonds. The Labute approximate surface area is 85.1 Å². The Kier molecular flexibility index (Phi) is 2.06. The van der Waals surface area contributed by atoms with Crippen molar-refractivity contribution >= 4 is 0 Å². The highest BCUT2D eigenvalue weighted by Crippen LogP contribution is 2.52. The van der Waals surface area contributed by atoms with Crippen LogP contribution in [-0.4, -0.2) is 6.10 Å². The van der Waals surface area contributed by atoms with E-state index in [0.29, 0.717) is 6.10 Å². The second kappa shape index (κ2) is 3.39. The molecule has 0 aliphatic heterocycles. The summed E-state index contributed by atoms with van der Waals surface area (Å²) in [4.78, 5) is 0. The van der Waals surface area contributed by atoms with Gasteiger partial charge in [-0.05, 0) is 36.7 Å². The van der Waals surface area contributed by atoms with Gasteiger partial charge in [0.15, 0.2) is 0 Å². The largest absolute Gasteiger partial charge is 0.374 e. The van der Waals surface area contributed by atoms with Crippen molar-refractivity contribution < 1.29 is 4.74 Å². The normalized spacial score (nSPS) is 34.1. The summed E-state index contributed by atoms with van der Waals surface area (Å²) in [7, 11) is 0. The summed E-state index contributed by atoms with van der Waals surface area (Å²) in [6, 6.07) is 10.5. The molecule has 0 aromatic heterocycles. The van der Waals surface area contributed by atoms with Gasteiger partial charge >= 0.3 is 0 Å². The van der Waals surface area contributed by atoms with Crippen molar-refractivity contribution in [1.29, 1.82) is 0 Å². The zero-order chi connectivity index (χ0) is 9.38. The summed E-state index contributed by atoms with van der Waals surface area (Å²) in [6.45, 7) is 0.797. The van der Waals surface area contributed by atoms with Gasteiger partial charge in [-0.15, -0.1) is 0 Å². The van der Waals surface area contributed by atoms with Crippen LogP contribution in [0.4, 0.5) is 0 Å². The van der Waals surface area contributed by atoms with E-state index in [1.807, 2.05) is 6.07 Å². The number of hydrogen-bond donors (Lipinski definition) is 0. The van der Waals surface area contributed by atoms with E-state index in [0.717, 1.165) is 18.4 Å². The fraction of sp³-hybridized carbons (Fsp3) is 0.538. The Morgan fingerprint density at radius 3 is 2.43 bits per heavy atom. The first kappa shape index (κ1) is 8.49. The number of rotatable bonds is 3. The average molecular weight is 188 g/mol. The summed E-state index contributed by atoms with van der Waals surface area (Å²) >= 11 is 0. The molecule has 1 aromatic rings. The Bertz CT molecular complexity index is 296. The molecule has 0 spiro atoms. The number of ether oxygens (including phenoxy) is 1. The maximum Gasteiger partial charge on any atom is 0.0720 e. The molecule has 3 rings (SSSR count). The Morgan fingerprint density at radius 1 is 1.00 bits per heavy atom. The van der Waals surface area contributed by atoms with Crippen LogP contribution in [0.25, 0.3) is 0 Å². The molecule has 0 saturated heterocycles. The van der Waals surface area contributed by atoms with Gasteiger partial charge in [0, 0.05) is 0 Å². The minimum Gasteiger partial charge on any atom is -0.374 e. The summed E-state index contributed by atoms with van der Waals surface area (Å²) < 4.78 is 5.89. The summed E-state index contributed by atoms with van der Waals surface area (Å²) in [5.41, 5.74) is 1.30. The lowest BCUT2D eigenvalue weighted by molar-refractivity contribution is 0.0375. The van der Waals surface area contributed by atoms with Crippen LogP contribution in [0.15, 0.2) is 30.3 Å². The van der Waals surface area contributed by atoms with Gasteiger partial charge in [-0.1, -0.05) is 30.3 Å². The van der Waals surface area contributed by atoms with Crippen LogP contribution in [-0.2, 0) is 11.3 Å². The highest BCUT2D eigenvalue weighted by Gasteiger charge is 2.46. The van der Waals surface area contributed by atoms with Gasteiger partial charge < -0.3 is 4.74 Å². The second-order valence-corrected chi connectivity index (χ2v) is 4.65. The lowest BCUT2D eigenvalue weighted by Gasteiger charge is -2.12. The molecule has 1 aromatic carbocycles. The smallest absolute Gasteiger partial charge is 0.0720 e. The van der Waals surface area contributed by atoms with Gasteiger partial charge in [0.2, 0.25) is 0 Å². The van der Waals surface area contributed by atoms with Crippen molar-refractivity contribution in [2.45, 2.75) is 32.0 Å². The van der Waals surface area contributed by atoms with Crippen molar-refractivity contribution in [2.75, 3.05) is 0 Å². The van der Waals surface area contributed by atoms with E-state index in [2.05, 4.69) is 24.3 Å². The van der Waals surface area contributed by atoms with Gasteiger partial charge in [-0.25, -0.2) is 0 Å². The molecular weight excluding hydrogens is 172 g/mol. The van der Waals surface area contributed by atoms with Crippen molar-refractivity contribution in [3.05, 3.63) is 35.9 Å². The molecule has 0 heterocycles. The molecule has 14 heavy (non-hydrogen) atoms. The van der Waals surface area contributed by atoms with Crippen molar-refractivity contribution in [3.8, 4) is 0 Å². The fourth-order valence-corrected chi connectivity index (χ4v) is 2.58. The Morgan fingerprint density at radius 2 is 1.71 bits per heavy atom. The van der Waals surface area contributed by atoms with Gasteiger partial charge in [0.25, 0.3) is 0 Å². The van der Waals surface area contributed by atoms with Crippen LogP contribution in [0.2, 0.25) is 0 Å². The highest BCUT2D eigenvalue weighted by atomic mass is 16.5. The quantitative estimate of drug-likeness (QED) is 0.708. The molecule has 2 saturated carbocycles. The van der Waals surface area contributed by atoms with E-state index < -0.39 is 0 Å². The SMILES string of the molecule is c1ccc(COC2C[C@@H]3C[C@@H]3C2)cc1. The molecule has 0 bridgehead atoms. The summed E-state index contributed by atoms with van der Waals surface area (Å²) in [5.74, 6) is 2.05. The molecule has 1 heteroatoms. The monoisotopic (exact) mass is 188 g/mol. The molecule has 1 unspecified atom stereocenters. The van der Waals surface area contributed by atoms with Gasteiger partial charge in [0.1, 0.15) is 0 Å². The van der Waals surface area contributed by atoms with E-state index in [-0.39, 0.29) is 0 Å². The van der Waals surface area contributed by atoms with Crippen LogP contribution in [0.1, 0.15) is 24.8 Å². The molecule has 0 radical (unpaired) electrons. The summed E-state index contributed by atoms with van der Waals surface area (Å²) in [5, 5.41) is 0. The van der Waals surface area contributed by atoms with Gasteiger partial charge in [-0.3, -0.25) is 0 Å². The molecule has 0 N–H and O–H groups in total. The third kappa shape index (κ3) is 1.69. The van der Waals surface area contributed by atoms with E-state index in [4.69, 9.17) is 4.74 Å². The van der Waals surface area contributed by atoms with E-state index in [1.165, 1.54) is 24.8 Å². The van der Waals surface area contributed by atoms with E-state index >= 15 is 0 Å². The lowest BCUT2D eigenvalue weighted by Crippen LogP contribution is -2.09. The third-order valence-electron chi connectivity index (χ3n) is 3.53. The van der Waals surface area contributed by atoms with Crippen molar-refractivity contribution in [1.82, 2.24) is 0 Å². The number of benzene rings is 1. The maximum absolute atomic E-state index is 5.89. The molecule has 2 fully saturated rings. The predicted molar refractivity (Wildman–Crippen MR) is 55.9 cm³/mol. The molecule has 3 atom stereocenters. The number of hydrogen-bond acceptors (Lipinski definition) is 1. The van der Waals surface area contributed by atoms with Crippen LogP contribution in [0.5, 0.6) is 0 Å². The van der Waals surface area contributed by atoms with Crippen molar-refractivity contribution in [2.24, 2.45) is 11.8 Å². The molecule has 1 nitrogen and oxygen atoms in total. The topological polar surface area (TPSA) is 9.23 Å². The first-order valence-electron chi connectivity index (χ1n) is 5.57. The maximum atomic E-state index is 5.89. The van der Waals surface area contributed by atoms with Crippen LogP contribution in [0, 0.1) is 11.8 Å². The first-order chi connectivity index (χ1) is 6.92. The van der Waals surface area contributed by atoms with E-state index in [9.17, 15) is 0 Å². The third-order valence-corrected chi connectivity index (χ3v) is 3.53. The molecule has 2 aliphatic carbocycles. The van der Waals surface area contributed by atoms with Gasteiger partial charge in [-0.2, -0.15) is 0 Å². The zero-order valence-corrected chi connectivity index (χ0v) is 8.36. The lowest BCUT2D eigenvalue weighted by atomic mass is 10.2. The molecule has 2 aliphatic rings. The minimum absolute atomic E-state index is 0.555.